The van der Waals surface area contributed by atoms with Gasteiger partial charge in [0.25, 0.3) is 0 Å². The molecule has 0 unspecified atom stereocenters. The molecular formula is C14H16FN3O2S. The van der Waals surface area contributed by atoms with Gasteiger partial charge in [-0.25, -0.2) is 9.82 Å². The summed E-state index contributed by atoms with van der Waals surface area (Å²) in [6.07, 6.45) is 0.604. The number of nitrogens with one attached hydrogen (secondary N) is 2. The van der Waals surface area contributed by atoms with Crippen molar-refractivity contribution in [2.24, 2.45) is 5.10 Å². The number of hydrogen-bond donors (Lipinski definition) is 2. The molecule has 112 valence electrons. The lowest BCUT2D eigenvalue weighted by Gasteiger charge is -2.17. The van der Waals surface area contributed by atoms with E-state index in [4.69, 9.17) is 0 Å². The van der Waals surface area contributed by atoms with Gasteiger partial charge in [0.15, 0.2) is 0 Å². The summed E-state index contributed by atoms with van der Waals surface area (Å²) in [4.78, 5) is 24.0. The first-order valence-electron chi connectivity index (χ1n) is 6.57. The third kappa shape index (κ3) is 4.04. The van der Waals surface area contributed by atoms with E-state index in [0.29, 0.717) is 17.7 Å². The lowest BCUT2D eigenvalue weighted by Crippen LogP contribution is -2.41. The van der Waals surface area contributed by atoms with Crippen molar-refractivity contribution in [2.75, 3.05) is 5.75 Å². The first kappa shape index (κ1) is 15.5. The molecule has 0 radical (unpaired) electrons. The second-order valence-electron chi connectivity index (χ2n) is 4.87. The normalized spacial score (nSPS) is 15.7. The lowest BCUT2D eigenvalue weighted by molar-refractivity contribution is -0.139. The van der Waals surface area contributed by atoms with Crippen LogP contribution in [0, 0.1) is 5.82 Å². The number of thioether (sulfide) groups is 1. The Morgan fingerprint density at radius 1 is 1.33 bits per heavy atom. The third-order valence-electron chi connectivity index (χ3n) is 2.77. The number of halogens is 1. The fourth-order valence-corrected chi connectivity index (χ4v) is 2.87. The highest BCUT2D eigenvalue weighted by Gasteiger charge is 2.18. The second-order valence-corrected chi connectivity index (χ2v) is 6.00. The summed E-state index contributed by atoms with van der Waals surface area (Å²) >= 11 is 1.61. The van der Waals surface area contributed by atoms with Crippen LogP contribution in [0.5, 0.6) is 0 Å². The monoisotopic (exact) mass is 309 g/mol. The van der Waals surface area contributed by atoms with Gasteiger partial charge in [-0.05, 0) is 32.0 Å². The first-order chi connectivity index (χ1) is 9.97. The number of nitrogens with zero attached hydrogens (tertiary/aromatic N) is 1. The molecule has 21 heavy (non-hydrogen) atoms. The van der Waals surface area contributed by atoms with Gasteiger partial charge < -0.3 is 5.32 Å². The Kier molecular flexibility index (Phi) is 4.95. The average Bonchev–Trinajstić information content (AvgIpc) is 2.43. The van der Waals surface area contributed by atoms with Gasteiger partial charge >= 0.3 is 11.8 Å². The van der Waals surface area contributed by atoms with Crippen LogP contribution in [0.2, 0.25) is 0 Å². The smallest absolute Gasteiger partial charge is 0.329 e. The topological polar surface area (TPSA) is 70.6 Å². The Bertz CT molecular complexity index is 602. The second kappa shape index (κ2) is 6.71. The Balaban J connectivity index is 2.11. The molecule has 7 heteroatoms. The summed E-state index contributed by atoms with van der Waals surface area (Å²) in [5.74, 6) is -1.12. The van der Waals surface area contributed by atoms with Crippen molar-refractivity contribution in [3.05, 3.63) is 29.6 Å². The van der Waals surface area contributed by atoms with E-state index in [1.165, 1.54) is 12.1 Å². The minimum atomic E-state index is -0.827. The molecular weight excluding hydrogens is 293 g/mol. The van der Waals surface area contributed by atoms with E-state index in [1.54, 1.807) is 31.7 Å². The van der Waals surface area contributed by atoms with Crippen molar-refractivity contribution in [3.63, 3.8) is 0 Å². The molecule has 2 amide bonds. The van der Waals surface area contributed by atoms with Crippen molar-refractivity contribution >= 4 is 29.3 Å². The van der Waals surface area contributed by atoms with Gasteiger partial charge in [-0.15, -0.1) is 11.8 Å². The molecule has 1 aromatic rings. The highest BCUT2D eigenvalue weighted by atomic mass is 32.2. The molecule has 2 N–H and O–H groups in total. The van der Waals surface area contributed by atoms with Crippen LogP contribution in [-0.2, 0) is 9.59 Å². The van der Waals surface area contributed by atoms with E-state index >= 15 is 0 Å². The summed E-state index contributed by atoms with van der Waals surface area (Å²) in [6.45, 7) is 3.52. The largest absolute Gasteiger partial charge is 0.346 e. The number of benzene rings is 1. The van der Waals surface area contributed by atoms with Crippen molar-refractivity contribution in [1.29, 1.82) is 0 Å². The van der Waals surface area contributed by atoms with Crippen LogP contribution in [0.4, 0.5) is 4.39 Å². The van der Waals surface area contributed by atoms with Crippen LogP contribution in [0.3, 0.4) is 0 Å². The number of amides is 2. The molecule has 0 saturated carbocycles. The summed E-state index contributed by atoms with van der Waals surface area (Å²) < 4.78 is 13.3. The fourth-order valence-electron chi connectivity index (χ4n) is 1.86. The number of fused-ring (bicyclic) bond motifs is 1. The number of carbonyl (C=O) groups is 2. The van der Waals surface area contributed by atoms with Gasteiger partial charge in [0, 0.05) is 28.7 Å². The van der Waals surface area contributed by atoms with Gasteiger partial charge in [0.05, 0.1) is 5.71 Å². The zero-order valence-electron chi connectivity index (χ0n) is 11.8. The maximum Gasteiger partial charge on any atom is 0.329 e. The molecule has 0 atom stereocenters. The molecule has 2 rings (SSSR count). The predicted octanol–water partition coefficient (Wildman–Crippen LogP) is 1.67. The molecule has 1 heterocycles. The van der Waals surface area contributed by atoms with E-state index in [2.05, 4.69) is 15.8 Å². The molecule has 1 aliphatic heterocycles. The molecule has 0 fully saturated rings. The van der Waals surface area contributed by atoms with Gasteiger partial charge in [-0.3, -0.25) is 9.59 Å². The maximum absolute atomic E-state index is 13.3. The van der Waals surface area contributed by atoms with Gasteiger partial charge in [0.1, 0.15) is 5.82 Å². The SMILES string of the molecule is CC(C)NC(=O)C(=O)N/N=C1/CCSc2ccc(F)cc21. The fraction of sp³-hybridized carbons (Fsp3) is 0.357. The Morgan fingerprint density at radius 2 is 2.10 bits per heavy atom. The highest BCUT2D eigenvalue weighted by Crippen LogP contribution is 2.30. The molecule has 1 aromatic carbocycles. The van der Waals surface area contributed by atoms with Crippen molar-refractivity contribution in [3.8, 4) is 0 Å². The quantitative estimate of drug-likeness (QED) is 0.645. The summed E-state index contributed by atoms with van der Waals surface area (Å²) in [5.41, 5.74) is 3.46. The lowest BCUT2D eigenvalue weighted by atomic mass is 10.1. The van der Waals surface area contributed by atoms with Crippen molar-refractivity contribution in [1.82, 2.24) is 10.7 Å². The molecule has 0 saturated heterocycles. The summed E-state index contributed by atoms with van der Waals surface area (Å²) in [7, 11) is 0. The standard InChI is InChI=1S/C14H16FN3O2S/c1-8(2)16-13(19)14(20)18-17-11-5-6-21-12-4-3-9(15)7-10(11)12/h3-4,7-8H,5-6H2,1-2H3,(H,16,19)(H,18,20)/b17-11-. The summed E-state index contributed by atoms with van der Waals surface area (Å²) in [6, 6.07) is 4.35. The minimum Gasteiger partial charge on any atom is -0.346 e. The zero-order valence-corrected chi connectivity index (χ0v) is 12.6. The predicted molar refractivity (Wildman–Crippen MR) is 79.7 cm³/mol. The van der Waals surface area contributed by atoms with E-state index in [9.17, 15) is 14.0 Å². The van der Waals surface area contributed by atoms with Crippen LogP contribution in [0.25, 0.3) is 0 Å². The van der Waals surface area contributed by atoms with Crippen LogP contribution < -0.4 is 10.7 Å². The molecule has 0 bridgehead atoms. The van der Waals surface area contributed by atoms with Gasteiger partial charge in [0.2, 0.25) is 0 Å². The highest BCUT2D eigenvalue weighted by molar-refractivity contribution is 7.99. The van der Waals surface area contributed by atoms with Gasteiger partial charge in [-0.1, -0.05) is 0 Å². The Labute approximate surface area is 126 Å². The van der Waals surface area contributed by atoms with E-state index in [0.717, 1.165) is 10.6 Å². The van der Waals surface area contributed by atoms with Gasteiger partial charge in [-0.2, -0.15) is 5.10 Å². The Hall–Kier alpha value is -1.89. The van der Waals surface area contributed by atoms with Crippen molar-refractivity contribution in [2.45, 2.75) is 31.2 Å². The summed E-state index contributed by atoms with van der Waals surface area (Å²) in [5, 5.41) is 6.44. The average molecular weight is 309 g/mol. The molecule has 1 aliphatic rings. The molecule has 0 aromatic heterocycles. The molecule has 0 aliphatic carbocycles. The van der Waals surface area contributed by atoms with E-state index in [1.807, 2.05) is 0 Å². The maximum atomic E-state index is 13.3. The Morgan fingerprint density at radius 3 is 2.81 bits per heavy atom. The molecule has 0 spiro atoms. The van der Waals surface area contributed by atoms with Crippen LogP contribution in [0.1, 0.15) is 25.8 Å². The third-order valence-corrected chi connectivity index (χ3v) is 3.84. The van der Waals surface area contributed by atoms with Crippen LogP contribution >= 0.6 is 11.8 Å². The van der Waals surface area contributed by atoms with Crippen LogP contribution in [0.15, 0.2) is 28.2 Å². The number of hydrazone groups is 1. The van der Waals surface area contributed by atoms with E-state index in [-0.39, 0.29) is 11.9 Å². The van der Waals surface area contributed by atoms with Crippen LogP contribution in [-0.4, -0.2) is 29.3 Å². The number of rotatable bonds is 2. The number of carbonyl (C=O) groups excluding carboxylic acids is 2. The van der Waals surface area contributed by atoms with Crippen molar-refractivity contribution < 1.29 is 14.0 Å². The molecule has 5 nitrogen and oxygen atoms in total. The zero-order chi connectivity index (χ0) is 15.4. The minimum absolute atomic E-state index is 0.128. The first-order valence-corrected chi connectivity index (χ1v) is 7.56. The number of hydrogen-bond acceptors (Lipinski definition) is 4. The van der Waals surface area contributed by atoms with E-state index < -0.39 is 11.8 Å².